The van der Waals surface area contributed by atoms with E-state index in [9.17, 15) is 9.90 Å². The second kappa shape index (κ2) is 6.85. The van der Waals surface area contributed by atoms with Crippen LogP contribution in [0.15, 0.2) is 60.8 Å². The lowest BCUT2D eigenvalue weighted by Gasteiger charge is -2.08. The Kier molecular flexibility index (Phi) is 4.63. The van der Waals surface area contributed by atoms with Crippen LogP contribution >= 0.6 is 11.6 Å². The smallest absolute Gasteiger partial charge is 0.335 e. The summed E-state index contributed by atoms with van der Waals surface area (Å²) in [4.78, 5) is 15.9. The molecule has 0 atom stereocenters. The third kappa shape index (κ3) is 3.47. The zero-order valence-electron chi connectivity index (χ0n) is 13.2. The molecule has 1 aromatic heterocycles. The van der Waals surface area contributed by atoms with E-state index in [4.69, 9.17) is 11.6 Å². The quantitative estimate of drug-likeness (QED) is 0.728. The topological polar surface area (TPSA) is 50.2 Å². The van der Waals surface area contributed by atoms with Gasteiger partial charge in [-0.15, -0.1) is 0 Å². The van der Waals surface area contributed by atoms with Crippen molar-refractivity contribution in [3.8, 4) is 11.3 Å². The van der Waals surface area contributed by atoms with Gasteiger partial charge in [0.15, 0.2) is 0 Å². The van der Waals surface area contributed by atoms with Gasteiger partial charge >= 0.3 is 5.97 Å². The highest BCUT2D eigenvalue weighted by atomic mass is 35.5. The summed E-state index contributed by atoms with van der Waals surface area (Å²) >= 11 is 6.19. The number of rotatable bonds is 4. The molecule has 2 aromatic carbocycles. The van der Waals surface area contributed by atoms with Crippen LogP contribution in [-0.2, 0) is 6.42 Å². The molecule has 1 N–H and O–H groups in total. The maximum Gasteiger partial charge on any atom is 0.335 e. The molecule has 0 bridgehead atoms. The molecule has 0 saturated carbocycles. The van der Waals surface area contributed by atoms with Crippen molar-refractivity contribution in [2.45, 2.75) is 13.3 Å². The van der Waals surface area contributed by atoms with Gasteiger partial charge in [0.2, 0.25) is 0 Å². The number of aryl methyl sites for hydroxylation is 1. The Morgan fingerprint density at radius 3 is 2.58 bits per heavy atom. The van der Waals surface area contributed by atoms with Crippen LogP contribution in [0.3, 0.4) is 0 Å². The van der Waals surface area contributed by atoms with Crippen LogP contribution in [0.1, 0.15) is 27.0 Å². The number of carboxylic acid groups (broad SMARTS) is 1. The number of carboxylic acids is 1. The van der Waals surface area contributed by atoms with Crippen molar-refractivity contribution in [1.29, 1.82) is 0 Å². The molecule has 24 heavy (non-hydrogen) atoms. The highest BCUT2D eigenvalue weighted by Crippen LogP contribution is 2.26. The summed E-state index contributed by atoms with van der Waals surface area (Å²) in [5.41, 5.74) is 4.69. The van der Waals surface area contributed by atoms with Gasteiger partial charge in [0, 0.05) is 16.8 Å². The van der Waals surface area contributed by atoms with Crippen molar-refractivity contribution < 1.29 is 9.90 Å². The van der Waals surface area contributed by atoms with Crippen LogP contribution in [0.5, 0.6) is 0 Å². The molecule has 3 aromatic rings. The van der Waals surface area contributed by atoms with Crippen molar-refractivity contribution >= 4 is 17.6 Å². The van der Waals surface area contributed by atoms with E-state index in [2.05, 4.69) is 4.98 Å². The van der Waals surface area contributed by atoms with Crippen molar-refractivity contribution in [3.63, 3.8) is 0 Å². The van der Waals surface area contributed by atoms with E-state index >= 15 is 0 Å². The maximum atomic E-state index is 11.4. The van der Waals surface area contributed by atoms with Crippen LogP contribution in [0, 0.1) is 6.92 Å². The molecule has 0 aliphatic carbocycles. The van der Waals surface area contributed by atoms with Crippen LogP contribution in [0.4, 0.5) is 0 Å². The Morgan fingerprint density at radius 1 is 1.12 bits per heavy atom. The van der Waals surface area contributed by atoms with Crippen molar-refractivity contribution in [1.82, 2.24) is 4.98 Å². The van der Waals surface area contributed by atoms with Gasteiger partial charge in [-0.2, -0.15) is 0 Å². The summed E-state index contributed by atoms with van der Waals surface area (Å²) in [6.07, 6.45) is 2.29. The predicted octanol–water partition coefficient (Wildman–Crippen LogP) is 5.00. The number of halogens is 1. The molecule has 0 radical (unpaired) electrons. The number of benzene rings is 2. The van der Waals surface area contributed by atoms with Gasteiger partial charge in [-0.05, 0) is 42.7 Å². The fourth-order valence-corrected chi connectivity index (χ4v) is 2.85. The van der Waals surface area contributed by atoms with Crippen molar-refractivity contribution in [3.05, 3.63) is 88.1 Å². The van der Waals surface area contributed by atoms with Gasteiger partial charge in [-0.25, -0.2) is 4.79 Å². The number of aromatic carboxylic acids is 1. The summed E-state index contributed by atoms with van der Waals surface area (Å²) in [6, 6.07) is 16.9. The Labute approximate surface area is 145 Å². The van der Waals surface area contributed by atoms with E-state index in [1.165, 1.54) is 0 Å². The molecule has 0 amide bonds. The van der Waals surface area contributed by atoms with Crippen LogP contribution in [-0.4, -0.2) is 16.1 Å². The van der Waals surface area contributed by atoms with Gasteiger partial charge in [0.25, 0.3) is 0 Å². The van der Waals surface area contributed by atoms with Crippen LogP contribution < -0.4 is 0 Å². The Balaban J connectivity index is 1.88. The van der Waals surface area contributed by atoms with Crippen LogP contribution in [0.25, 0.3) is 11.3 Å². The summed E-state index contributed by atoms with van der Waals surface area (Å²) < 4.78 is 0. The first-order valence-electron chi connectivity index (χ1n) is 7.57. The summed E-state index contributed by atoms with van der Waals surface area (Å²) in [5, 5.41) is 10.0. The number of hydrogen-bond donors (Lipinski definition) is 1. The fourth-order valence-electron chi connectivity index (χ4n) is 2.62. The largest absolute Gasteiger partial charge is 0.478 e. The molecule has 0 aliphatic rings. The lowest BCUT2D eigenvalue weighted by molar-refractivity contribution is 0.0695. The van der Waals surface area contributed by atoms with E-state index in [0.29, 0.717) is 17.0 Å². The third-order valence-corrected chi connectivity index (χ3v) is 4.19. The summed E-state index contributed by atoms with van der Waals surface area (Å²) in [7, 11) is 0. The minimum Gasteiger partial charge on any atom is -0.478 e. The van der Waals surface area contributed by atoms with Gasteiger partial charge in [-0.1, -0.05) is 53.6 Å². The van der Waals surface area contributed by atoms with E-state index in [1.54, 1.807) is 12.3 Å². The Bertz CT molecular complexity index is 888. The monoisotopic (exact) mass is 337 g/mol. The Morgan fingerprint density at radius 2 is 1.92 bits per heavy atom. The van der Waals surface area contributed by atoms with Gasteiger partial charge < -0.3 is 5.11 Å². The number of carbonyl (C=O) groups is 1. The second-order valence-corrected chi connectivity index (χ2v) is 6.08. The molecule has 3 rings (SSSR count). The van der Waals surface area contributed by atoms with E-state index in [-0.39, 0.29) is 0 Å². The molecule has 4 heteroatoms. The number of aromatic nitrogens is 1. The Hall–Kier alpha value is -2.65. The minimum atomic E-state index is -0.908. The van der Waals surface area contributed by atoms with E-state index in [1.807, 2.05) is 55.5 Å². The van der Waals surface area contributed by atoms with E-state index < -0.39 is 5.97 Å². The van der Waals surface area contributed by atoms with Gasteiger partial charge in [-0.3, -0.25) is 4.98 Å². The maximum absolute atomic E-state index is 11.4. The predicted molar refractivity (Wildman–Crippen MR) is 95.6 cm³/mol. The van der Waals surface area contributed by atoms with Crippen molar-refractivity contribution in [2.24, 2.45) is 0 Å². The lowest BCUT2D eigenvalue weighted by atomic mass is 9.98. The average molecular weight is 338 g/mol. The minimum absolute atomic E-state index is 0.338. The first-order valence-corrected chi connectivity index (χ1v) is 7.95. The lowest BCUT2D eigenvalue weighted by Crippen LogP contribution is -2.04. The zero-order valence-corrected chi connectivity index (χ0v) is 13.9. The standard InChI is InChI=1S/C20H16ClNO2/c1-13-6-8-15(17(10-13)20(23)24)11-14-7-9-19(22-12-14)16-4-2-3-5-18(16)21/h2-10,12H,11H2,1H3,(H,23,24). The second-order valence-electron chi connectivity index (χ2n) is 5.67. The van der Waals surface area contributed by atoms with Crippen LogP contribution in [0.2, 0.25) is 5.02 Å². The molecule has 0 unspecified atom stereocenters. The first-order chi connectivity index (χ1) is 11.5. The highest BCUT2D eigenvalue weighted by Gasteiger charge is 2.11. The molecule has 0 spiro atoms. The average Bonchev–Trinajstić information content (AvgIpc) is 2.57. The molecule has 3 nitrogen and oxygen atoms in total. The molecule has 120 valence electrons. The summed E-state index contributed by atoms with van der Waals surface area (Å²) in [6.45, 7) is 1.89. The highest BCUT2D eigenvalue weighted by molar-refractivity contribution is 6.33. The SMILES string of the molecule is Cc1ccc(Cc2ccc(-c3ccccc3Cl)nc2)c(C(=O)O)c1. The van der Waals surface area contributed by atoms with Gasteiger partial charge in [0.05, 0.1) is 11.3 Å². The molecule has 0 aliphatic heterocycles. The molecular formula is C20H16ClNO2. The van der Waals surface area contributed by atoms with Gasteiger partial charge in [0.1, 0.15) is 0 Å². The normalized spacial score (nSPS) is 10.6. The molecular weight excluding hydrogens is 322 g/mol. The van der Waals surface area contributed by atoms with E-state index in [0.717, 1.165) is 27.9 Å². The summed E-state index contributed by atoms with van der Waals surface area (Å²) in [5.74, 6) is -0.908. The fraction of sp³-hybridized carbons (Fsp3) is 0.100. The molecule has 0 saturated heterocycles. The molecule has 0 fully saturated rings. The number of nitrogens with zero attached hydrogens (tertiary/aromatic N) is 1. The third-order valence-electron chi connectivity index (χ3n) is 3.86. The number of pyridine rings is 1. The zero-order chi connectivity index (χ0) is 17.1. The molecule has 1 heterocycles. The van der Waals surface area contributed by atoms with Crippen molar-refractivity contribution in [2.75, 3.05) is 0 Å². The first kappa shape index (κ1) is 16.2. The number of hydrogen-bond acceptors (Lipinski definition) is 2.